The van der Waals surface area contributed by atoms with E-state index in [4.69, 9.17) is 4.98 Å². The topological polar surface area (TPSA) is 17.8 Å². The number of rotatable bonds is 1. The molecule has 0 fully saturated rings. The molecule has 0 saturated heterocycles. The van der Waals surface area contributed by atoms with Crippen molar-refractivity contribution in [3.05, 3.63) is 72.6 Å². The van der Waals surface area contributed by atoms with Gasteiger partial charge in [-0.15, -0.1) is 0 Å². The van der Waals surface area contributed by atoms with Crippen LogP contribution in [0.3, 0.4) is 0 Å². The highest BCUT2D eigenvalue weighted by atomic mass is 15.1. The number of aromatic nitrogens is 2. The first-order valence-electron chi connectivity index (χ1n) is 7.52. The third-order valence-corrected chi connectivity index (χ3v) is 4.47. The summed E-state index contributed by atoms with van der Waals surface area (Å²) in [5.74, 6) is 1.03. The standard InChI is InChI=1S/C20H14N2/c1-13-21-19-16-11-5-7-14-8-6-12-17(18(14)16)20(19)22(13)15-9-3-2-4-10-15/h2-12H,1H3. The van der Waals surface area contributed by atoms with Crippen LogP contribution in [0.25, 0.3) is 39.0 Å². The van der Waals surface area contributed by atoms with E-state index in [1.54, 1.807) is 0 Å². The van der Waals surface area contributed by atoms with Gasteiger partial charge in [-0.1, -0.05) is 54.6 Å². The molecule has 1 heterocycles. The molecule has 0 aliphatic heterocycles. The number of hydrogen-bond acceptors (Lipinski definition) is 1. The number of aryl methyl sites for hydroxylation is 1. The van der Waals surface area contributed by atoms with Crippen LogP contribution in [0.5, 0.6) is 0 Å². The van der Waals surface area contributed by atoms with Gasteiger partial charge in [0.15, 0.2) is 0 Å². The van der Waals surface area contributed by atoms with E-state index in [0.717, 1.165) is 11.5 Å². The molecule has 1 aliphatic carbocycles. The molecule has 1 aliphatic rings. The van der Waals surface area contributed by atoms with Crippen molar-refractivity contribution in [2.24, 2.45) is 0 Å². The van der Waals surface area contributed by atoms with Crippen molar-refractivity contribution in [3.8, 4) is 28.2 Å². The second kappa shape index (κ2) is 4.08. The summed E-state index contributed by atoms with van der Waals surface area (Å²) in [5, 5.41) is 2.61. The predicted molar refractivity (Wildman–Crippen MR) is 90.2 cm³/mol. The van der Waals surface area contributed by atoms with Crippen molar-refractivity contribution in [1.82, 2.24) is 9.55 Å². The van der Waals surface area contributed by atoms with Crippen molar-refractivity contribution >= 4 is 10.8 Å². The van der Waals surface area contributed by atoms with Crippen LogP contribution in [0.15, 0.2) is 66.7 Å². The monoisotopic (exact) mass is 282 g/mol. The largest absolute Gasteiger partial charge is 0.296 e. The summed E-state index contributed by atoms with van der Waals surface area (Å²) < 4.78 is 2.27. The van der Waals surface area contributed by atoms with E-state index in [9.17, 15) is 0 Å². The minimum absolute atomic E-state index is 1.03. The van der Waals surface area contributed by atoms with Crippen molar-refractivity contribution in [3.63, 3.8) is 0 Å². The molecule has 0 unspecified atom stereocenters. The average Bonchev–Trinajstić information content (AvgIpc) is 3.05. The number of hydrogen-bond donors (Lipinski definition) is 0. The molecule has 0 radical (unpaired) electrons. The number of para-hydroxylation sites is 1. The number of benzene rings is 3. The Labute approximate surface area is 128 Å². The molecule has 1 aromatic heterocycles. The molecule has 2 heteroatoms. The van der Waals surface area contributed by atoms with Crippen LogP contribution in [0, 0.1) is 6.92 Å². The Morgan fingerprint density at radius 2 is 1.50 bits per heavy atom. The van der Waals surface area contributed by atoms with Gasteiger partial charge in [-0.2, -0.15) is 0 Å². The summed E-state index contributed by atoms with van der Waals surface area (Å²) in [6.45, 7) is 2.08. The molecule has 22 heavy (non-hydrogen) atoms. The van der Waals surface area contributed by atoms with E-state index in [2.05, 4.69) is 72.2 Å². The van der Waals surface area contributed by atoms with E-state index < -0.39 is 0 Å². The Bertz CT molecular complexity index is 1020. The minimum atomic E-state index is 1.03. The number of fused-ring (bicyclic) bond motifs is 3. The summed E-state index contributed by atoms with van der Waals surface area (Å²) in [6, 6.07) is 23.5. The Morgan fingerprint density at radius 3 is 2.27 bits per heavy atom. The molecule has 3 aromatic carbocycles. The molecule has 4 aromatic rings. The Balaban J connectivity index is 1.93. The van der Waals surface area contributed by atoms with E-state index in [-0.39, 0.29) is 0 Å². The third-order valence-electron chi connectivity index (χ3n) is 4.47. The Kier molecular flexibility index (Phi) is 2.18. The lowest BCUT2D eigenvalue weighted by Gasteiger charge is -2.10. The van der Waals surface area contributed by atoms with Gasteiger partial charge in [-0.3, -0.25) is 4.57 Å². The summed E-state index contributed by atoms with van der Waals surface area (Å²) in [7, 11) is 0. The first-order chi connectivity index (χ1) is 10.8. The van der Waals surface area contributed by atoms with Gasteiger partial charge in [0.1, 0.15) is 5.82 Å². The van der Waals surface area contributed by atoms with Gasteiger partial charge in [0, 0.05) is 22.2 Å². The predicted octanol–water partition coefficient (Wildman–Crippen LogP) is 4.98. The van der Waals surface area contributed by atoms with Gasteiger partial charge >= 0.3 is 0 Å². The van der Waals surface area contributed by atoms with Crippen LogP contribution in [0.1, 0.15) is 5.82 Å². The van der Waals surface area contributed by atoms with Crippen LogP contribution in [0.4, 0.5) is 0 Å². The second-order valence-electron chi connectivity index (χ2n) is 5.74. The lowest BCUT2D eigenvalue weighted by atomic mass is 10.0. The molecule has 0 N–H and O–H groups in total. The molecule has 104 valence electrons. The molecule has 5 rings (SSSR count). The zero-order valence-electron chi connectivity index (χ0n) is 12.2. The van der Waals surface area contributed by atoms with E-state index in [1.807, 2.05) is 6.07 Å². The zero-order chi connectivity index (χ0) is 14.7. The van der Waals surface area contributed by atoms with Gasteiger partial charge in [0.2, 0.25) is 0 Å². The van der Waals surface area contributed by atoms with Crippen LogP contribution in [-0.4, -0.2) is 9.55 Å². The number of imidazole rings is 1. The first kappa shape index (κ1) is 11.8. The van der Waals surface area contributed by atoms with Gasteiger partial charge in [0.05, 0.1) is 11.4 Å². The van der Waals surface area contributed by atoms with Gasteiger partial charge in [0.25, 0.3) is 0 Å². The van der Waals surface area contributed by atoms with Crippen LogP contribution in [-0.2, 0) is 0 Å². The fourth-order valence-electron chi connectivity index (χ4n) is 3.60. The van der Waals surface area contributed by atoms with Crippen LogP contribution in [0.2, 0.25) is 0 Å². The fraction of sp³-hybridized carbons (Fsp3) is 0.0500. The summed E-state index contributed by atoms with van der Waals surface area (Å²) in [6.07, 6.45) is 0. The van der Waals surface area contributed by atoms with Crippen molar-refractivity contribution < 1.29 is 0 Å². The quantitative estimate of drug-likeness (QED) is 0.424. The minimum Gasteiger partial charge on any atom is -0.296 e. The summed E-state index contributed by atoms with van der Waals surface area (Å²) in [4.78, 5) is 4.87. The van der Waals surface area contributed by atoms with Gasteiger partial charge in [-0.25, -0.2) is 4.98 Å². The molecule has 0 spiro atoms. The Morgan fingerprint density at radius 1 is 0.773 bits per heavy atom. The molecule has 0 atom stereocenters. The lowest BCUT2D eigenvalue weighted by Crippen LogP contribution is -1.98. The summed E-state index contributed by atoms with van der Waals surface area (Å²) in [5.41, 5.74) is 6.02. The highest BCUT2D eigenvalue weighted by Gasteiger charge is 2.27. The highest BCUT2D eigenvalue weighted by molar-refractivity contribution is 6.13. The SMILES string of the molecule is Cc1nc2c(n1-c1ccccc1)-c1cccc3cccc-2c13. The zero-order valence-corrected chi connectivity index (χ0v) is 12.2. The van der Waals surface area contributed by atoms with Gasteiger partial charge < -0.3 is 0 Å². The molecular weight excluding hydrogens is 268 g/mol. The molecule has 0 saturated carbocycles. The molecule has 0 amide bonds. The molecule has 2 nitrogen and oxygen atoms in total. The normalized spacial score (nSPS) is 11.9. The highest BCUT2D eigenvalue weighted by Crippen LogP contribution is 2.47. The lowest BCUT2D eigenvalue weighted by molar-refractivity contribution is 0.981. The van der Waals surface area contributed by atoms with Crippen LogP contribution >= 0.6 is 0 Å². The van der Waals surface area contributed by atoms with Gasteiger partial charge in [-0.05, 0) is 24.4 Å². The van der Waals surface area contributed by atoms with Crippen molar-refractivity contribution in [2.75, 3.05) is 0 Å². The smallest absolute Gasteiger partial charge is 0.111 e. The van der Waals surface area contributed by atoms with E-state index in [1.165, 1.54) is 33.3 Å². The summed E-state index contributed by atoms with van der Waals surface area (Å²) >= 11 is 0. The average molecular weight is 282 g/mol. The maximum absolute atomic E-state index is 4.87. The fourth-order valence-corrected chi connectivity index (χ4v) is 3.60. The van der Waals surface area contributed by atoms with E-state index >= 15 is 0 Å². The van der Waals surface area contributed by atoms with Crippen molar-refractivity contribution in [2.45, 2.75) is 6.92 Å². The maximum atomic E-state index is 4.87. The number of nitrogens with zero attached hydrogens (tertiary/aromatic N) is 2. The van der Waals surface area contributed by atoms with Crippen LogP contribution < -0.4 is 0 Å². The maximum Gasteiger partial charge on any atom is 0.111 e. The first-order valence-corrected chi connectivity index (χ1v) is 7.52. The Hall–Kier alpha value is -2.87. The van der Waals surface area contributed by atoms with Crippen molar-refractivity contribution in [1.29, 1.82) is 0 Å². The molecular formula is C20H14N2. The third kappa shape index (κ3) is 1.37. The second-order valence-corrected chi connectivity index (χ2v) is 5.74. The molecule has 0 bridgehead atoms. The van der Waals surface area contributed by atoms with E-state index in [0.29, 0.717) is 0 Å².